The molecule has 26 heavy (non-hydrogen) atoms. The van der Waals surface area contributed by atoms with E-state index in [0.717, 1.165) is 17.0 Å². The lowest BCUT2D eigenvalue weighted by molar-refractivity contribution is -0.122. The molecule has 1 unspecified atom stereocenters. The summed E-state index contributed by atoms with van der Waals surface area (Å²) in [6.45, 7) is 0.0279. The van der Waals surface area contributed by atoms with E-state index in [1.165, 1.54) is 6.07 Å². The molecule has 0 bridgehead atoms. The van der Waals surface area contributed by atoms with Crippen LogP contribution in [-0.4, -0.2) is 25.2 Å². The Morgan fingerprint density at radius 2 is 1.85 bits per heavy atom. The van der Waals surface area contributed by atoms with Gasteiger partial charge in [0.2, 0.25) is 18.6 Å². The van der Waals surface area contributed by atoms with Crippen LogP contribution in [0.3, 0.4) is 0 Å². The van der Waals surface area contributed by atoms with Crippen molar-refractivity contribution < 1.29 is 27.8 Å². The van der Waals surface area contributed by atoms with E-state index in [0.29, 0.717) is 17.2 Å². The number of nitrogens with zero attached hydrogens (tertiary/aromatic N) is 1. The van der Waals surface area contributed by atoms with Crippen molar-refractivity contribution in [2.24, 2.45) is 5.92 Å². The minimum absolute atomic E-state index is 0.0902. The van der Waals surface area contributed by atoms with E-state index in [9.17, 15) is 18.4 Å². The number of hydrogen-bond donors (Lipinski definition) is 1. The first kappa shape index (κ1) is 16.3. The minimum Gasteiger partial charge on any atom is -0.454 e. The predicted molar refractivity (Wildman–Crippen MR) is 88.0 cm³/mol. The Kier molecular flexibility index (Phi) is 3.95. The zero-order chi connectivity index (χ0) is 18.3. The first-order valence-electron chi connectivity index (χ1n) is 7.98. The third-order valence-corrected chi connectivity index (χ3v) is 4.34. The molecular weight excluding hydrogens is 346 g/mol. The molecule has 2 aliphatic heterocycles. The summed E-state index contributed by atoms with van der Waals surface area (Å²) in [6.07, 6.45) is -0.121. The SMILES string of the molecule is O=C(Nc1ccc2c(c1)OCO2)C1CC(=O)N(c2c(F)cccc2F)C1. The van der Waals surface area contributed by atoms with Crippen LogP contribution < -0.4 is 19.7 Å². The molecule has 1 atom stereocenters. The largest absolute Gasteiger partial charge is 0.454 e. The van der Waals surface area contributed by atoms with Crippen LogP contribution in [0, 0.1) is 17.6 Å². The summed E-state index contributed by atoms with van der Waals surface area (Å²) >= 11 is 0. The van der Waals surface area contributed by atoms with E-state index in [1.807, 2.05) is 0 Å². The van der Waals surface area contributed by atoms with Crippen LogP contribution in [0.15, 0.2) is 36.4 Å². The van der Waals surface area contributed by atoms with Gasteiger partial charge in [-0.15, -0.1) is 0 Å². The van der Waals surface area contributed by atoms with Gasteiger partial charge < -0.3 is 19.7 Å². The first-order valence-corrected chi connectivity index (χ1v) is 7.98. The van der Waals surface area contributed by atoms with Crippen molar-refractivity contribution in [2.45, 2.75) is 6.42 Å². The number of para-hydroxylation sites is 1. The van der Waals surface area contributed by atoms with Crippen molar-refractivity contribution in [3.8, 4) is 11.5 Å². The number of ether oxygens (including phenoxy) is 2. The number of rotatable bonds is 3. The van der Waals surface area contributed by atoms with Gasteiger partial charge in [-0.25, -0.2) is 8.78 Å². The number of hydrogen-bond acceptors (Lipinski definition) is 4. The predicted octanol–water partition coefficient (Wildman–Crippen LogP) is 2.69. The highest BCUT2D eigenvalue weighted by Crippen LogP contribution is 2.35. The molecule has 6 nitrogen and oxygen atoms in total. The molecule has 1 fully saturated rings. The van der Waals surface area contributed by atoms with E-state index in [1.54, 1.807) is 18.2 Å². The highest BCUT2D eigenvalue weighted by molar-refractivity contribution is 6.03. The highest BCUT2D eigenvalue weighted by Gasteiger charge is 2.37. The van der Waals surface area contributed by atoms with Gasteiger partial charge in [0, 0.05) is 24.7 Å². The molecule has 1 N–H and O–H groups in total. The summed E-state index contributed by atoms with van der Waals surface area (Å²) in [6, 6.07) is 8.30. The van der Waals surface area contributed by atoms with Gasteiger partial charge in [-0.3, -0.25) is 9.59 Å². The lowest BCUT2D eigenvalue weighted by atomic mass is 10.1. The first-order chi connectivity index (χ1) is 12.5. The minimum atomic E-state index is -0.838. The second-order valence-electron chi connectivity index (χ2n) is 6.03. The molecule has 2 heterocycles. The zero-order valence-electron chi connectivity index (χ0n) is 13.5. The van der Waals surface area contributed by atoms with Gasteiger partial charge >= 0.3 is 0 Å². The van der Waals surface area contributed by atoms with Crippen molar-refractivity contribution in [1.82, 2.24) is 0 Å². The molecule has 0 radical (unpaired) electrons. The monoisotopic (exact) mass is 360 g/mol. The molecule has 0 aliphatic carbocycles. The van der Waals surface area contributed by atoms with Gasteiger partial charge in [0.05, 0.1) is 5.92 Å². The summed E-state index contributed by atoms with van der Waals surface area (Å²) in [4.78, 5) is 25.6. The fourth-order valence-electron chi connectivity index (χ4n) is 3.06. The summed E-state index contributed by atoms with van der Waals surface area (Å²) in [7, 11) is 0. The average molecular weight is 360 g/mol. The Hall–Kier alpha value is -3.16. The number of carbonyl (C=O) groups excluding carboxylic acids is 2. The maximum Gasteiger partial charge on any atom is 0.231 e. The van der Waals surface area contributed by atoms with Crippen LogP contribution in [-0.2, 0) is 9.59 Å². The molecule has 4 rings (SSSR count). The summed E-state index contributed by atoms with van der Waals surface area (Å²) in [5, 5.41) is 2.69. The molecule has 0 aromatic heterocycles. The van der Waals surface area contributed by atoms with E-state index < -0.39 is 35.1 Å². The molecule has 1 saturated heterocycles. The van der Waals surface area contributed by atoms with Crippen LogP contribution in [0.5, 0.6) is 11.5 Å². The molecule has 2 aromatic rings. The zero-order valence-corrected chi connectivity index (χ0v) is 13.5. The van der Waals surface area contributed by atoms with Crippen LogP contribution in [0.2, 0.25) is 0 Å². The lowest BCUT2D eigenvalue weighted by Gasteiger charge is -2.18. The Bertz CT molecular complexity index is 883. The fourth-order valence-corrected chi connectivity index (χ4v) is 3.06. The summed E-state index contributed by atoms with van der Waals surface area (Å²) < 4.78 is 38.3. The van der Waals surface area contributed by atoms with Crippen molar-refractivity contribution in [2.75, 3.05) is 23.6 Å². The topological polar surface area (TPSA) is 67.9 Å². The van der Waals surface area contributed by atoms with E-state index in [2.05, 4.69) is 5.32 Å². The molecule has 2 aliphatic rings. The molecular formula is C18H14F2N2O4. The van der Waals surface area contributed by atoms with Crippen LogP contribution in [0.1, 0.15) is 6.42 Å². The average Bonchev–Trinajstić information content (AvgIpc) is 3.21. The van der Waals surface area contributed by atoms with E-state index in [-0.39, 0.29) is 19.8 Å². The molecule has 8 heteroatoms. The second kappa shape index (κ2) is 6.29. The van der Waals surface area contributed by atoms with E-state index >= 15 is 0 Å². The van der Waals surface area contributed by atoms with E-state index in [4.69, 9.17) is 9.47 Å². The highest BCUT2D eigenvalue weighted by atomic mass is 19.1. The smallest absolute Gasteiger partial charge is 0.231 e. The van der Waals surface area contributed by atoms with Crippen molar-refractivity contribution in [1.29, 1.82) is 0 Å². The molecule has 0 spiro atoms. The number of anilines is 2. The summed E-state index contributed by atoms with van der Waals surface area (Å²) in [5.41, 5.74) is 0.0677. The standard InChI is InChI=1S/C18H14F2N2O4/c19-12-2-1-3-13(20)17(12)22-8-10(6-16(22)23)18(24)21-11-4-5-14-15(7-11)26-9-25-14/h1-5,7,10H,6,8-9H2,(H,21,24). The lowest BCUT2D eigenvalue weighted by Crippen LogP contribution is -2.29. The number of nitrogens with one attached hydrogen (secondary N) is 1. The second-order valence-corrected chi connectivity index (χ2v) is 6.03. The van der Waals surface area contributed by atoms with Gasteiger partial charge in [-0.1, -0.05) is 6.07 Å². The number of carbonyl (C=O) groups is 2. The molecule has 2 aromatic carbocycles. The summed E-state index contributed by atoms with van der Waals surface area (Å²) in [5.74, 6) is -2.20. The van der Waals surface area contributed by atoms with Crippen molar-refractivity contribution in [3.63, 3.8) is 0 Å². The maximum absolute atomic E-state index is 13.9. The van der Waals surface area contributed by atoms with Crippen LogP contribution in [0.4, 0.5) is 20.2 Å². The number of benzene rings is 2. The van der Waals surface area contributed by atoms with Gasteiger partial charge in [0.1, 0.15) is 17.3 Å². The van der Waals surface area contributed by atoms with Gasteiger partial charge in [-0.2, -0.15) is 0 Å². The van der Waals surface area contributed by atoms with Gasteiger partial charge in [-0.05, 0) is 24.3 Å². The Morgan fingerprint density at radius 1 is 1.12 bits per heavy atom. The van der Waals surface area contributed by atoms with Gasteiger partial charge in [0.15, 0.2) is 11.5 Å². The molecule has 2 amide bonds. The van der Waals surface area contributed by atoms with Crippen LogP contribution >= 0.6 is 0 Å². The maximum atomic E-state index is 13.9. The Morgan fingerprint density at radius 3 is 2.62 bits per heavy atom. The Balaban J connectivity index is 1.49. The third-order valence-electron chi connectivity index (χ3n) is 4.34. The third kappa shape index (κ3) is 2.83. The quantitative estimate of drug-likeness (QED) is 0.914. The van der Waals surface area contributed by atoms with Gasteiger partial charge in [0.25, 0.3) is 0 Å². The van der Waals surface area contributed by atoms with Crippen molar-refractivity contribution in [3.05, 3.63) is 48.0 Å². The number of amides is 2. The molecule has 134 valence electrons. The normalized spacial score (nSPS) is 18.3. The van der Waals surface area contributed by atoms with Crippen LogP contribution in [0.25, 0.3) is 0 Å². The Labute approximate surface area is 147 Å². The number of fused-ring (bicyclic) bond motifs is 1. The van der Waals surface area contributed by atoms with Crippen molar-refractivity contribution >= 4 is 23.2 Å². The molecule has 0 saturated carbocycles. The number of halogens is 2. The fraction of sp³-hybridized carbons (Fsp3) is 0.222.